The lowest BCUT2D eigenvalue weighted by atomic mass is 9.92. The topological polar surface area (TPSA) is 48.4 Å². The minimum Gasteiger partial charge on any atom is -0.393 e. The van der Waals surface area contributed by atoms with Gasteiger partial charge in [0.1, 0.15) is 11.6 Å². The van der Waals surface area contributed by atoms with E-state index in [0.29, 0.717) is 5.92 Å². The van der Waals surface area contributed by atoms with E-state index in [4.69, 9.17) is 0 Å². The molecule has 2 heterocycles. The number of anilines is 2. The van der Waals surface area contributed by atoms with Crippen LogP contribution in [0.4, 0.5) is 11.6 Å². The van der Waals surface area contributed by atoms with Gasteiger partial charge in [-0.2, -0.15) is 0 Å². The Balaban J connectivity index is 2.00. The number of aliphatic hydroxyl groups is 1. The van der Waals surface area contributed by atoms with Gasteiger partial charge in [0.2, 0.25) is 0 Å². The summed E-state index contributed by atoms with van der Waals surface area (Å²) in [7, 11) is 1.88. The fraction of sp³-hybridized carbons (Fsp3) is 0.615. The zero-order chi connectivity index (χ0) is 12.3. The second-order valence-electron chi connectivity index (χ2n) is 4.70. The third kappa shape index (κ3) is 2.88. The average molecular weight is 235 g/mol. The van der Waals surface area contributed by atoms with Gasteiger partial charge in [-0.3, -0.25) is 0 Å². The maximum absolute atomic E-state index is 9.57. The summed E-state index contributed by atoms with van der Waals surface area (Å²) in [6, 6.07) is 6.03. The van der Waals surface area contributed by atoms with Crippen LogP contribution in [0.1, 0.15) is 19.8 Å². The van der Waals surface area contributed by atoms with Gasteiger partial charge in [0.15, 0.2) is 0 Å². The van der Waals surface area contributed by atoms with Gasteiger partial charge in [0.25, 0.3) is 0 Å². The van der Waals surface area contributed by atoms with E-state index in [2.05, 4.69) is 15.2 Å². The molecule has 17 heavy (non-hydrogen) atoms. The number of hydrogen-bond acceptors (Lipinski definition) is 4. The first-order valence-electron chi connectivity index (χ1n) is 6.28. The number of hydrogen-bond donors (Lipinski definition) is 2. The highest BCUT2D eigenvalue weighted by molar-refractivity contribution is 5.46. The molecule has 1 aliphatic heterocycles. The van der Waals surface area contributed by atoms with E-state index in [9.17, 15) is 5.11 Å². The normalized spacial score (nSPS) is 19.1. The standard InChI is InChI=1S/C13H21N3O/c1-10(17)11-6-8-16(9-7-11)13-5-3-4-12(14-2)15-13/h3-5,10-11,17H,6-9H2,1-2H3,(H,14,15). The van der Waals surface area contributed by atoms with Gasteiger partial charge < -0.3 is 15.3 Å². The largest absolute Gasteiger partial charge is 0.393 e. The summed E-state index contributed by atoms with van der Waals surface area (Å²) < 4.78 is 0. The zero-order valence-electron chi connectivity index (χ0n) is 10.6. The summed E-state index contributed by atoms with van der Waals surface area (Å²) in [5.74, 6) is 2.37. The van der Waals surface area contributed by atoms with Crippen LogP contribution in [0.2, 0.25) is 0 Å². The zero-order valence-corrected chi connectivity index (χ0v) is 10.6. The van der Waals surface area contributed by atoms with Crippen molar-refractivity contribution in [3.63, 3.8) is 0 Å². The highest BCUT2D eigenvalue weighted by atomic mass is 16.3. The first kappa shape index (κ1) is 12.2. The van der Waals surface area contributed by atoms with Crippen molar-refractivity contribution < 1.29 is 5.11 Å². The lowest BCUT2D eigenvalue weighted by Crippen LogP contribution is -2.37. The molecule has 0 spiro atoms. The van der Waals surface area contributed by atoms with Crippen LogP contribution < -0.4 is 10.2 Å². The molecule has 0 radical (unpaired) electrons. The fourth-order valence-corrected chi connectivity index (χ4v) is 2.35. The van der Waals surface area contributed by atoms with Gasteiger partial charge in [0.05, 0.1) is 6.10 Å². The lowest BCUT2D eigenvalue weighted by molar-refractivity contribution is 0.110. The summed E-state index contributed by atoms with van der Waals surface area (Å²) in [6.45, 7) is 3.85. The second-order valence-corrected chi connectivity index (χ2v) is 4.70. The van der Waals surface area contributed by atoms with Crippen LogP contribution >= 0.6 is 0 Å². The molecule has 0 saturated carbocycles. The van der Waals surface area contributed by atoms with Crippen LogP contribution in [-0.4, -0.2) is 36.3 Å². The van der Waals surface area contributed by atoms with Crippen molar-refractivity contribution in [2.75, 3.05) is 30.4 Å². The van der Waals surface area contributed by atoms with Crippen LogP contribution in [-0.2, 0) is 0 Å². The Morgan fingerprint density at radius 3 is 2.71 bits per heavy atom. The summed E-state index contributed by atoms with van der Waals surface area (Å²) in [4.78, 5) is 6.83. The van der Waals surface area contributed by atoms with E-state index in [1.54, 1.807) is 0 Å². The Bertz CT molecular complexity index is 359. The van der Waals surface area contributed by atoms with Gasteiger partial charge in [-0.15, -0.1) is 0 Å². The molecule has 2 rings (SSSR count). The molecule has 1 saturated heterocycles. The Hall–Kier alpha value is -1.29. The van der Waals surface area contributed by atoms with Crippen molar-refractivity contribution in [2.24, 2.45) is 5.92 Å². The van der Waals surface area contributed by atoms with Crippen molar-refractivity contribution in [2.45, 2.75) is 25.9 Å². The minimum absolute atomic E-state index is 0.186. The van der Waals surface area contributed by atoms with Crippen molar-refractivity contribution in [3.8, 4) is 0 Å². The summed E-state index contributed by atoms with van der Waals surface area (Å²) in [5.41, 5.74) is 0. The molecular weight excluding hydrogens is 214 g/mol. The van der Waals surface area contributed by atoms with Crippen molar-refractivity contribution >= 4 is 11.6 Å². The number of piperidine rings is 1. The number of aromatic nitrogens is 1. The van der Waals surface area contributed by atoms with E-state index in [0.717, 1.165) is 37.6 Å². The van der Waals surface area contributed by atoms with Crippen LogP contribution in [0.5, 0.6) is 0 Å². The fourth-order valence-electron chi connectivity index (χ4n) is 2.35. The molecule has 0 aromatic carbocycles. The predicted molar refractivity (Wildman–Crippen MR) is 70.4 cm³/mol. The van der Waals surface area contributed by atoms with E-state index in [-0.39, 0.29) is 6.10 Å². The maximum atomic E-state index is 9.57. The van der Waals surface area contributed by atoms with Crippen molar-refractivity contribution in [1.82, 2.24) is 4.98 Å². The number of nitrogens with zero attached hydrogens (tertiary/aromatic N) is 2. The van der Waals surface area contributed by atoms with Gasteiger partial charge in [-0.05, 0) is 37.8 Å². The van der Waals surface area contributed by atoms with Gasteiger partial charge >= 0.3 is 0 Å². The Labute approximate surface area is 103 Å². The number of nitrogens with one attached hydrogen (secondary N) is 1. The molecule has 0 amide bonds. The Morgan fingerprint density at radius 1 is 1.41 bits per heavy atom. The number of rotatable bonds is 3. The predicted octanol–water partition coefficient (Wildman–Crippen LogP) is 1.72. The molecule has 1 aliphatic rings. The molecule has 4 heteroatoms. The molecule has 0 aliphatic carbocycles. The Kier molecular flexibility index (Phi) is 3.84. The Morgan fingerprint density at radius 2 is 2.12 bits per heavy atom. The van der Waals surface area contributed by atoms with Crippen LogP contribution in [0.25, 0.3) is 0 Å². The molecule has 1 fully saturated rings. The van der Waals surface area contributed by atoms with Crippen LogP contribution in [0.15, 0.2) is 18.2 Å². The van der Waals surface area contributed by atoms with Crippen LogP contribution in [0, 0.1) is 5.92 Å². The van der Waals surface area contributed by atoms with Crippen molar-refractivity contribution in [1.29, 1.82) is 0 Å². The molecule has 1 aromatic heterocycles. The lowest BCUT2D eigenvalue weighted by Gasteiger charge is -2.34. The molecule has 1 aromatic rings. The molecular formula is C13H21N3O. The van der Waals surface area contributed by atoms with E-state index < -0.39 is 0 Å². The van der Waals surface area contributed by atoms with E-state index in [1.165, 1.54) is 0 Å². The van der Waals surface area contributed by atoms with Gasteiger partial charge in [-0.1, -0.05) is 6.07 Å². The third-order valence-electron chi connectivity index (χ3n) is 3.54. The monoisotopic (exact) mass is 235 g/mol. The maximum Gasteiger partial charge on any atom is 0.130 e. The highest BCUT2D eigenvalue weighted by Crippen LogP contribution is 2.24. The number of pyridine rings is 1. The average Bonchev–Trinajstić information content (AvgIpc) is 2.39. The highest BCUT2D eigenvalue weighted by Gasteiger charge is 2.23. The molecule has 1 unspecified atom stereocenters. The smallest absolute Gasteiger partial charge is 0.130 e. The van der Waals surface area contributed by atoms with Gasteiger partial charge in [-0.25, -0.2) is 4.98 Å². The molecule has 94 valence electrons. The first-order valence-corrected chi connectivity index (χ1v) is 6.28. The minimum atomic E-state index is -0.186. The molecule has 0 bridgehead atoms. The SMILES string of the molecule is CNc1cccc(N2CCC(C(C)O)CC2)n1. The molecule has 1 atom stereocenters. The van der Waals surface area contributed by atoms with Gasteiger partial charge in [0, 0.05) is 20.1 Å². The van der Waals surface area contributed by atoms with E-state index >= 15 is 0 Å². The van der Waals surface area contributed by atoms with Crippen molar-refractivity contribution in [3.05, 3.63) is 18.2 Å². The molecule has 4 nitrogen and oxygen atoms in total. The number of aliphatic hydroxyl groups excluding tert-OH is 1. The van der Waals surface area contributed by atoms with Crippen LogP contribution in [0.3, 0.4) is 0 Å². The third-order valence-corrected chi connectivity index (χ3v) is 3.54. The quantitative estimate of drug-likeness (QED) is 0.837. The summed E-state index contributed by atoms with van der Waals surface area (Å²) in [5, 5.41) is 12.6. The molecule has 2 N–H and O–H groups in total. The summed E-state index contributed by atoms with van der Waals surface area (Å²) in [6.07, 6.45) is 1.90. The second kappa shape index (κ2) is 5.36. The first-order chi connectivity index (χ1) is 8.20. The summed E-state index contributed by atoms with van der Waals surface area (Å²) >= 11 is 0. The van der Waals surface area contributed by atoms with E-state index in [1.807, 2.05) is 32.2 Å².